The van der Waals surface area contributed by atoms with Crippen LogP contribution in [0.5, 0.6) is 0 Å². The highest BCUT2D eigenvalue weighted by Gasteiger charge is 2.65. The molecule has 1 aromatic rings. The summed E-state index contributed by atoms with van der Waals surface area (Å²) < 4.78 is 1.95. The van der Waals surface area contributed by atoms with Crippen molar-refractivity contribution in [2.24, 2.45) is 17.3 Å². The predicted molar refractivity (Wildman–Crippen MR) is 83.9 cm³/mol. The number of amides is 1. The number of halogens is 2. The molecule has 19 heavy (non-hydrogen) atoms. The number of hydrogen-bond donors (Lipinski definition) is 2. The fourth-order valence-electron chi connectivity index (χ4n) is 2.38. The number of benzene rings is 1. The van der Waals surface area contributed by atoms with Crippen LogP contribution in [0.1, 0.15) is 13.8 Å². The molecule has 2 N–H and O–H groups in total. The zero-order chi connectivity index (χ0) is 14.4. The summed E-state index contributed by atoms with van der Waals surface area (Å²) in [4.78, 5) is 23.2. The minimum absolute atomic E-state index is 0.226. The van der Waals surface area contributed by atoms with Crippen LogP contribution < -0.4 is 5.32 Å². The second-order valence-corrected chi connectivity index (χ2v) is 7.25. The second kappa shape index (κ2) is 5.05. The number of carbonyl (C=O) groups excluding carboxylic acids is 1. The molecular weight excluding hydrogens is 425 g/mol. The Morgan fingerprint density at radius 2 is 2.00 bits per heavy atom. The molecule has 0 saturated heterocycles. The molecule has 1 saturated carbocycles. The van der Waals surface area contributed by atoms with Gasteiger partial charge in [-0.2, -0.15) is 0 Å². The molecule has 0 bridgehead atoms. The van der Waals surface area contributed by atoms with Crippen LogP contribution in [0.4, 0.5) is 5.69 Å². The van der Waals surface area contributed by atoms with Crippen molar-refractivity contribution in [3.63, 3.8) is 0 Å². The fraction of sp³-hybridized carbons (Fsp3) is 0.385. The predicted octanol–water partition coefficient (Wildman–Crippen LogP) is 3.35. The van der Waals surface area contributed by atoms with Crippen LogP contribution in [-0.4, -0.2) is 17.0 Å². The maximum Gasteiger partial charge on any atom is 0.307 e. The van der Waals surface area contributed by atoms with Gasteiger partial charge in [-0.15, -0.1) is 0 Å². The fourth-order valence-corrected chi connectivity index (χ4v) is 3.14. The third-order valence-corrected chi connectivity index (χ3v) is 5.89. The molecule has 0 aromatic heterocycles. The molecule has 1 amide bonds. The standard InChI is InChI=1S/C13H13BrINO3/c1-13(2)9(10(13)12(18)19)11(17)16-6-3-4-7(14)8(15)5-6/h3-5,9-10H,1-2H3,(H,16,17)(H,18,19)/t9-,10+/m1/s1. The Hall–Kier alpha value is -0.630. The van der Waals surface area contributed by atoms with Gasteiger partial charge in [0.15, 0.2) is 0 Å². The van der Waals surface area contributed by atoms with Crippen molar-refractivity contribution in [1.29, 1.82) is 0 Å². The zero-order valence-corrected chi connectivity index (χ0v) is 14.1. The minimum atomic E-state index is -0.907. The lowest BCUT2D eigenvalue weighted by Gasteiger charge is -2.07. The maximum atomic E-state index is 12.1. The van der Waals surface area contributed by atoms with Crippen molar-refractivity contribution in [2.45, 2.75) is 13.8 Å². The van der Waals surface area contributed by atoms with E-state index in [9.17, 15) is 9.59 Å². The number of carboxylic acid groups (broad SMARTS) is 1. The molecule has 2 rings (SSSR count). The third kappa shape index (κ3) is 2.79. The van der Waals surface area contributed by atoms with Gasteiger partial charge < -0.3 is 10.4 Å². The van der Waals surface area contributed by atoms with E-state index in [2.05, 4.69) is 43.8 Å². The first-order chi connectivity index (χ1) is 8.75. The highest BCUT2D eigenvalue weighted by molar-refractivity contribution is 14.1. The average molecular weight is 438 g/mol. The van der Waals surface area contributed by atoms with E-state index in [1.165, 1.54) is 0 Å². The highest BCUT2D eigenvalue weighted by atomic mass is 127. The van der Waals surface area contributed by atoms with Crippen molar-refractivity contribution in [2.75, 3.05) is 5.32 Å². The molecule has 0 heterocycles. The van der Waals surface area contributed by atoms with Gasteiger partial charge in [-0.05, 0) is 62.1 Å². The lowest BCUT2D eigenvalue weighted by Crippen LogP contribution is -2.17. The quantitative estimate of drug-likeness (QED) is 0.712. The molecule has 0 unspecified atom stereocenters. The Labute approximate surface area is 133 Å². The Bertz CT molecular complexity index is 559. The molecule has 0 aliphatic heterocycles. The SMILES string of the molecule is CC1(C)[C@H](C(=O)O)[C@@H]1C(=O)Nc1ccc(Br)c(I)c1. The summed E-state index contributed by atoms with van der Waals surface area (Å²) in [6.45, 7) is 3.61. The van der Waals surface area contributed by atoms with Gasteiger partial charge in [0.05, 0.1) is 11.8 Å². The molecule has 0 spiro atoms. The van der Waals surface area contributed by atoms with Gasteiger partial charge in [0.25, 0.3) is 0 Å². The number of rotatable bonds is 3. The summed E-state index contributed by atoms with van der Waals surface area (Å²) >= 11 is 5.54. The Kier molecular flexibility index (Phi) is 3.92. The summed E-state index contributed by atoms with van der Waals surface area (Å²) in [5, 5.41) is 11.9. The largest absolute Gasteiger partial charge is 0.481 e. The van der Waals surface area contributed by atoms with Gasteiger partial charge in [0.1, 0.15) is 0 Å². The molecular formula is C13H13BrINO3. The van der Waals surface area contributed by atoms with Crippen LogP contribution >= 0.6 is 38.5 Å². The van der Waals surface area contributed by atoms with Crippen molar-refractivity contribution in [3.8, 4) is 0 Å². The summed E-state index contributed by atoms with van der Waals surface area (Å²) in [5.74, 6) is -2.20. The number of nitrogens with one attached hydrogen (secondary N) is 1. The Morgan fingerprint density at radius 1 is 1.37 bits per heavy atom. The van der Waals surface area contributed by atoms with E-state index in [0.717, 1.165) is 8.04 Å². The molecule has 1 fully saturated rings. The van der Waals surface area contributed by atoms with Gasteiger partial charge in [0.2, 0.25) is 5.91 Å². The van der Waals surface area contributed by atoms with Gasteiger partial charge in [-0.3, -0.25) is 9.59 Å². The number of carbonyl (C=O) groups is 2. The van der Waals surface area contributed by atoms with Crippen LogP contribution in [0.3, 0.4) is 0 Å². The molecule has 0 radical (unpaired) electrons. The number of anilines is 1. The van der Waals surface area contributed by atoms with E-state index < -0.39 is 23.2 Å². The van der Waals surface area contributed by atoms with E-state index >= 15 is 0 Å². The number of aliphatic carboxylic acids is 1. The van der Waals surface area contributed by atoms with Crippen molar-refractivity contribution < 1.29 is 14.7 Å². The zero-order valence-electron chi connectivity index (χ0n) is 10.4. The van der Waals surface area contributed by atoms with Crippen LogP contribution in [0, 0.1) is 20.8 Å². The monoisotopic (exact) mass is 437 g/mol. The molecule has 1 aromatic carbocycles. The van der Waals surface area contributed by atoms with Crippen LogP contribution in [0.2, 0.25) is 0 Å². The third-order valence-electron chi connectivity index (χ3n) is 3.56. The van der Waals surface area contributed by atoms with Crippen LogP contribution in [-0.2, 0) is 9.59 Å². The maximum absolute atomic E-state index is 12.1. The van der Waals surface area contributed by atoms with Crippen molar-refractivity contribution in [1.82, 2.24) is 0 Å². The van der Waals surface area contributed by atoms with Crippen molar-refractivity contribution >= 4 is 56.1 Å². The molecule has 1 aliphatic carbocycles. The lowest BCUT2D eigenvalue weighted by molar-refractivity contribution is -0.140. The number of hydrogen-bond acceptors (Lipinski definition) is 2. The Balaban J connectivity index is 2.10. The smallest absolute Gasteiger partial charge is 0.307 e. The molecule has 6 heteroatoms. The second-order valence-electron chi connectivity index (χ2n) is 5.23. The highest BCUT2D eigenvalue weighted by Crippen LogP contribution is 2.58. The van der Waals surface area contributed by atoms with E-state index in [1.807, 2.05) is 12.1 Å². The first-order valence-corrected chi connectivity index (χ1v) is 7.61. The first-order valence-electron chi connectivity index (χ1n) is 5.74. The van der Waals surface area contributed by atoms with Crippen molar-refractivity contribution in [3.05, 3.63) is 26.2 Å². The van der Waals surface area contributed by atoms with Gasteiger partial charge in [-0.25, -0.2) is 0 Å². The Morgan fingerprint density at radius 3 is 2.47 bits per heavy atom. The molecule has 1 aliphatic rings. The van der Waals surface area contributed by atoms with Gasteiger partial charge >= 0.3 is 5.97 Å². The van der Waals surface area contributed by atoms with E-state index in [-0.39, 0.29) is 5.91 Å². The summed E-state index contributed by atoms with van der Waals surface area (Å²) in [6, 6.07) is 5.48. The summed E-state index contributed by atoms with van der Waals surface area (Å²) in [7, 11) is 0. The first kappa shape index (κ1) is 14.8. The molecule has 2 atom stereocenters. The normalized spacial score (nSPS) is 23.8. The minimum Gasteiger partial charge on any atom is -0.481 e. The number of carboxylic acids is 1. The van der Waals surface area contributed by atoms with E-state index in [4.69, 9.17) is 5.11 Å². The van der Waals surface area contributed by atoms with Crippen LogP contribution in [0.15, 0.2) is 22.7 Å². The summed E-state index contributed by atoms with van der Waals surface area (Å²) in [6.07, 6.45) is 0. The topological polar surface area (TPSA) is 66.4 Å². The van der Waals surface area contributed by atoms with E-state index in [1.54, 1.807) is 19.9 Å². The van der Waals surface area contributed by atoms with Crippen LogP contribution in [0.25, 0.3) is 0 Å². The molecule has 4 nitrogen and oxygen atoms in total. The van der Waals surface area contributed by atoms with E-state index in [0.29, 0.717) is 5.69 Å². The average Bonchev–Trinajstić information content (AvgIpc) is 2.87. The molecule has 102 valence electrons. The lowest BCUT2D eigenvalue weighted by atomic mass is 10.1. The van der Waals surface area contributed by atoms with Gasteiger partial charge in [0, 0.05) is 13.7 Å². The van der Waals surface area contributed by atoms with Gasteiger partial charge in [-0.1, -0.05) is 13.8 Å². The summed E-state index contributed by atoms with van der Waals surface area (Å²) in [5.41, 5.74) is 0.211.